The van der Waals surface area contributed by atoms with Crippen molar-refractivity contribution in [3.8, 4) is 0 Å². The summed E-state index contributed by atoms with van der Waals surface area (Å²) in [6.45, 7) is 1.69. The number of hydrogen-bond acceptors (Lipinski definition) is 6. The van der Waals surface area contributed by atoms with Crippen LogP contribution in [0.15, 0.2) is 36.5 Å². The van der Waals surface area contributed by atoms with Gasteiger partial charge in [-0.15, -0.1) is 12.4 Å². The molecule has 2 aromatic heterocycles. The molecule has 2 heterocycles. The summed E-state index contributed by atoms with van der Waals surface area (Å²) in [7, 11) is 5.95. The molecule has 0 saturated carbocycles. The fraction of sp³-hybridized carbons (Fsp3) is 0.312. The first-order valence-corrected chi connectivity index (χ1v) is 7.54. The average Bonchev–Trinajstić information content (AvgIpc) is 2.90. The predicted molar refractivity (Wildman–Crippen MR) is 100 cm³/mol. The summed E-state index contributed by atoms with van der Waals surface area (Å²) < 4.78 is 1.75. The fourth-order valence-corrected chi connectivity index (χ4v) is 2.25. The Bertz CT molecular complexity index is 786. The average molecular weight is 348 g/mol. The van der Waals surface area contributed by atoms with E-state index in [-0.39, 0.29) is 12.4 Å². The molecule has 0 radical (unpaired) electrons. The third kappa shape index (κ3) is 4.12. The summed E-state index contributed by atoms with van der Waals surface area (Å²) in [5.74, 6) is 1.35. The van der Waals surface area contributed by atoms with Gasteiger partial charge in [0.2, 0.25) is 5.95 Å². The zero-order valence-corrected chi connectivity index (χ0v) is 14.8. The van der Waals surface area contributed by atoms with Crippen LogP contribution in [-0.2, 0) is 7.05 Å². The highest BCUT2D eigenvalue weighted by Crippen LogP contribution is 2.24. The number of likely N-dealkylation sites (N-methyl/N-ethyl adjacent to an activating group) is 1. The summed E-state index contributed by atoms with van der Waals surface area (Å²) in [6.07, 6.45) is 1.78. The van der Waals surface area contributed by atoms with Gasteiger partial charge in [-0.3, -0.25) is 4.68 Å². The van der Waals surface area contributed by atoms with Crippen molar-refractivity contribution in [2.45, 2.75) is 0 Å². The van der Waals surface area contributed by atoms with Crippen molar-refractivity contribution in [1.82, 2.24) is 24.6 Å². The summed E-state index contributed by atoms with van der Waals surface area (Å²) in [6, 6.07) is 9.96. The van der Waals surface area contributed by atoms with Crippen LogP contribution in [-0.4, -0.2) is 51.8 Å². The number of nitrogens with zero attached hydrogens (tertiary/aromatic N) is 5. The second-order valence-corrected chi connectivity index (χ2v) is 5.62. The molecule has 3 aromatic rings. The van der Waals surface area contributed by atoms with Crippen LogP contribution < -0.4 is 10.6 Å². The van der Waals surface area contributed by atoms with Crippen molar-refractivity contribution in [3.63, 3.8) is 0 Å². The van der Waals surface area contributed by atoms with Crippen LogP contribution in [0, 0.1) is 0 Å². The van der Waals surface area contributed by atoms with Crippen molar-refractivity contribution in [2.75, 3.05) is 37.8 Å². The van der Waals surface area contributed by atoms with E-state index in [4.69, 9.17) is 0 Å². The molecule has 2 N–H and O–H groups in total. The first-order chi connectivity index (χ1) is 11.1. The monoisotopic (exact) mass is 347 g/mol. The second-order valence-electron chi connectivity index (χ2n) is 5.62. The molecule has 0 amide bonds. The highest BCUT2D eigenvalue weighted by Gasteiger charge is 2.11. The van der Waals surface area contributed by atoms with Crippen molar-refractivity contribution in [1.29, 1.82) is 0 Å². The van der Waals surface area contributed by atoms with Gasteiger partial charge in [-0.2, -0.15) is 15.1 Å². The number of nitrogens with one attached hydrogen (secondary N) is 2. The number of para-hydroxylation sites is 1. The zero-order chi connectivity index (χ0) is 16.2. The Morgan fingerprint density at radius 3 is 2.58 bits per heavy atom. The van der Waals surface area contributed by atoms with Gasteiger partial charge in [-0.05, 0) is 26.2 Å². The highest BCUT2D eigenvalue weighted by atomic mass is 35.5. The topological polar surface area (TPSA) is 70.9 Å². The standard InChI is InChI=1S/C16H21N7.ClH/c1-22(2)10-9-17-16-20-14(19-12-7-5-4-6-8-12)13-11-18-23(3)15(13)21-16;/h4-8,11H,9-10H2,1-3H3,(H2,17,19,20,21);1H. The number of hydrogen-bond donors (Lipinski definition) is 2. The van der Waals surface area contributed by atoms with Crippen LogP contribution in [0.2, 0.25) is 0 Å². The van der Waals surface area contributed by atoms with Crippen molar-refractivity contribution in [2.24, 2.45) is 7.05 Å². The van der Waals surface area contributed by atoms with Gasteiger partial charge in [0.1, 0.15) is 5.82 Å². The molecule has 1 aromatic carbocycles. The molecule has 128 valence electrons. The Kier molecular flexibility index (Phi) is 5.94. The molecule has 0 aliphatic rings. The third-order valence-corrected chi connectivity index (χ3v) is 3.47. The number of aromatic nitrogens is 4. The smallest absolute Gasteiger partial charge is 0.226 e. The van der Waals surface area contributed by atoms with Gasteiger partial charge >= 0.3 is 0 Å². The van der Waals surface area contributed by atoms with E-state index in [9.17, 15) is 0 Å². The van der Waals surface area contributed by atoms with Crippen molar-refractivity contribution in [3.05, 3.63) is 36.5 Å². The second kappa shape index (κ2) is 7.94. The molecule has 24 heavy (non-hydrogen) atoms. The number of benzene rings is 1. The number of aryl methyl sites for hydroxylation is 1. The summed E-state index contributed by atoms with van der Waals surface area (Å²) in [5, 5.41) is 11.8. The van der Waals surface area contributed by atoms with Crippen LogP contribution >= 0.6 is 12.4 Å². The molecular weight excluding hydrogens is 326 g/mol. The largest absolute Gasteiger partial charge is 0.353 e. The number of fused-ring (bicyclic) bond motifs is 1. The van der Waals surface area contributed by atoms with E-state index in [1.165, 1.54) is 0 Å². The number of anilines is 3. The Labute approximate surface area is 147 Å². The SMILES string of the molecule is CN(C)CCNc1nc(Nc2ccccc2)c2cnn(C)c2n1.Cl. The molecule has 0 aliphatic carbocycles. The first kappa shape index (κ1) is 18.0. The maximum Gasteiger partial charge on any atom is 0.226 e. The van der Waals surface area contributed by atoms with Gasteiger partial charge in [0, 0.05) is 25.8 Å². The molecule has 0 atom stereocenters. The molecule has 0 fully saturated rings. The van der Waals surface area contributed by atoms with Gasteiger partial charge in [-0.1, -0.05) is 18.2 Å². The number of rotatable bonds is 6. The lowest BCUT2D eigenvalue weighted by Crippen LogP contribution is -2.21. The molecule has 0 aliphatic heterocycles. The highest BCUT2D eigenvalue weighted by molar-refractivity contribution is 5.89. The van der Waals surface area contributed by atoms with Gasteiger partial charge in [0.25, 0.3) is 0 Å². The van der Waals surface area contributed by atoms with Crippen LogP contribution in [0.25, 0.3) is 11.0 Å². The van der Waals surface area contributed by atoms with Crippen LogP contribution in [0.5, 0.6) is 0 Å². The molecular formula is C16H22ClN7. The van der Waals surface area contributed by atoms with Gasteiger partial charge in [0.05, 0.1) is 11.6 Å². The van der Waals surface area contributed by atoms with Crippen LogP contribution in [0.4, 0.5) is 17.5 Å². The zero-order valence-electron chi connectivity index (χ0n) is 14.0. The van der Waals surface area contributed by atoms with E-state index in [0.29, 0.717) is 5.95 Å². The minimum Gasteiger partial charge on any atom is -0.353 e. The predicted octanol–water partition coefficient (Wildman–Crippen LogP) is 2.50. The molecule has 7 nitrogen and oxygen atoms in total. The van der Waals surface area contributed by atoms with Crippen molar-refractivity contribution < 1.29 is 0 Å². The summed E-state index contributed by atoms with van der Waals surface area (Å²) in [5.41, 5.74) is 1.78. The maximum absolute atomic E-state index is 4.60. The molecule has 0 unspecified atom stereocenters. The van der Waals surface area contributed by atoms with Crippen molar-refractivity contribution >= 4 is 40.9 Å². The summed E-state index contributed by atoms with van der Waals surface area (Å²) in [4.78, 5) is 11.3. The molecule has 8 heteroatoms. The first-order valence-electron chi connectivity index (χ1n) is 7.54. The minimum absolute atomic E-state index is 0. The van der Waals surface area contributed by atoms with E-state index >= 15 is 0 Å². The minimum atomic E-state index is 0. The van der Waals surface area contributed by atoms with E-state index in [0.717, 1.165) is 35.6 Å². The Morgan fingerprint density at radius 2 is 1.88 bits per heavy atom. The Balaban J connectivity index is 0.00000208. The molecule has 0 spiro atoms. The molecule has 0 bridgehead atoms. The molecule has 0 saturated heterocycles. The maximum atomic E-state index is 4.60. The van der Waals surface area contributed by atoms with Gasteiger partial charge in [0.15, 0.2) is 5.65 Å². The van der Waals surface area contributed by atoms with Crippen LogP contribution in [0.1, 0.15) is 0 Å². The molecule has 3 rings (SSSR count). The van der Waals surface area contributed by atoms with Gasteiger partial charge < -0.3 is 15.5 Å². The van der Waals surface area contributed by atoms with E-state index in [2.05, 4.69) is 30.6 Å². The Hall–Kier alpha value is -2.38. The fourth-order valence-electron chi connectivity index (χ4n) is 2.25. The quantitative estimate of drug-likeness (QED) is 0.714. The summed E-state index contributed by atoms with van der Waals surface area (Å²) >= 11 is 0. The van der Waals surface area contributed by atoms with E-state index < -0.39 is 0 Å². The Morgan fingerprint density at radius 1 is 1.12 bits per heavy atom. The number of halogens is 1. The third-order valence-electron chi connectivity index (χ3n) is 3.47. The lowest BCUT2D eigenvalue weighted by molar-refractivity contribution is 0.425. The van der Waals surface area contributed by atoms with Gasteiger partial charge in [-0.25, -0.2) is 0 Å². The lowest BCUT2D eigenvalue weighted by Gasteiger charge is -2.12. The lowest BCUT2D eigenvalue weighted by atomic mass is 10.3. The normalized spacial score (nSPS) is 10.7. The van der Waals surface area contributed by atoms with Crippen LogP contribution in [0.3, 0.4) is 0 Å². The van der Waals surface area contributed by atoms with E-state index in [1.54, 1.807) is 10.9 Å². The van der Waals surface area contributed by atoms with E-state index in [1.807, 2.05) is 51.5 Å².